The molecule has 5 nitrogen and oxygen atoms in total. The van der Waals surface area contributed by atoms with Crippen molar-refractivity contribution in [1.29, 1.82) is 0 Å². The van der Waals surface area contributed by atoms with Crippen molar-refractivity contribution in [1.82, 2.24) is 9.97 Å². The van der Waals surface area contributed by atoms with Crippen LogP contribution in [0.4, 0.5) is 36.3 Å². The average Bonchev–Trinajstić information content (AvgIpc) is 2.85. The zero-order valence-electron chi connectivity index (χ0n) is 19.9. The van der Waals surface area contributed by atoms with E-state index in [4.69, 9.17) is 4.74 Å². The van der Waals surface area contributed by atoms with Gasteiger partial charge in [-0.3, -0.25) is 0 Å². The molecule has 1 aliphatic rings. The van der Waals surface area contributed by atoms with Crippen molar-refractivity contribution in [2.75, 3.05) is 10.6 Å². The third kappa shape index (κ3) is 7.10. The Kier molecular flexibility index (Phi) is 8.10. The van der Waals surface area contributed by atoms with Gasteiger partial charge in [0.2, 0.25) is 5.95 Å². The summed E-state index contributed by atoms with van der Waals surface area (Å²) in [5, 5.41) is 5.80. The molecule has 1 fully saturated rings. The largest absolute Gasteiger partial charge is 0.490 e. The number of halogens is 3. The Bertz CT molecular complexity index is 1080. The van der Waals surface area contributed by atoms with Crippen LogP contribution in [0, 0.1) is 0 Å². The Morgan fingerprint density at radius 1 is 0.914 bits per heavy atom. The monoisotopic (exact) mass is 484 g/mol. The highest BCUT2D eigenvalue weighted by Crippen LogP contribution is 2.35. The number of aromatic nitrogens is 2. The Balaban J connectivity index is 1.47. The molecule has 0 unspecified atom stereocenters. The fourth-order valence-electron chi connectivity index (χ4n) is 4.14. The molecule has 8 heteroatoms. The first-order valence-corrected chi connectivity index (χ1v) is 12.2. The van der Waals surface area contributed by atoms with Gasteiger partial charge in [0, 0.05) is 17.6 Å². The molecule has 1 saturated carbocycles. The molecule has 0 radical (unpaired) electrons. The maximum absolute atomic E-state index is 13.6. The molecule has 0 amide bonds. The summed E-state index contributed by atoms with van der Waals surface area (Å²) < 4.78 is 46.8. The minimum atomic E-state index is -4.58. The molecule has 1 aliphatic carbocycles. The van der Waals surface area contributed by atoms with Gasteiger partial charge in [0.25, 0.3) is 0 Å². The smallest absolute Gasteiger partial charge is 0.421 e. The van der Waals surface area contributed by atoms with Crippen molar-refractivity contribution in [3.05, 3.63) is 65.9 Å². The second-order valence-corrected chi connectivity index (χ2v) is 8.91. The maximum Gasteiger partial charge on any atom is 0.421 e. The number of rotatable bonds is 9. The minimum absolute atomic E-state index is 0.0704. The molecule has 35 heavy (non-hydrogen) atoms. The molecular weight excluding hydrogens is 453 g/mol. The molecule has 1 heterocycles. The van der Waals surface area contributed by atoms with Gasteiger partial charge in [-0.2, -0.15) is 18.2 Å². The molecule has 186 valence electrons. The molecule has 3 aromatic rings. The second kappa shape index (κ2) is 11.4. The van der Waals surface area contributed by atoms with Crippen LogP contribution in [-0.4, -0.2) is 16.1 Å². The molecular formula is C27H31F3N4O. The number of unbranched alkanes of at least 4 members (excludes halogenated alkanes) is 1. The van der Waals surface area contributed by atoms with Crippen LogP contribution in [0.3, 0.4) is 0 Å². The first kappa shape index (κ1) is 24.8. The second-order valence-electron chi connectivity index (χ2n) is 8.91. The molecule has 2 aromatic carbocycles. The maximum atomic E-state index is 13.6. The highest BCUT2D eigenvalue weighted by atomic mass is 19.4. The Morgan fingerprint density at radius 2 is 1.57 bits per heavy atom. The highest BCUT2D eigenvalue weighted by Gasteiger charge is 2.35. The zero-order valence-corrected chi connectivity index (χ0v) is 19.9. The van der Waals surface area contributed by atoms with Crippen LogP contribution in [0.15, 0.2) is 54.7 Å². The van der Waals surface area contributed by atoms with E-state index in [2.05, 4.69) is 27.5 Å². The third-order valence-corrected chi connectivity index (χ3v) is 6.10. The van der Waals surface area contributed by atoms with Crippen LogP contribution in [0.1, 0.15) is 63.0 Å². The summed E-state index contributed by atoms with van der Waals surface area (Å²) in [4.78, 5) is 8.03. The number of hydrogen-bond acceptors (Lipinski definition) is 5. The van der Waals surface area contributed by atoms with Gasteiger partial charge in [-0.15, -0.1) is 0 Å². The van der Waals surface area contributed by atoms with Gasteiger partial charge in [0.1, 0.15) is 17.1 Å². The van der Waals surface area contributed by atoms with E-state index in [1.54, 1.807) is 24.3 Å². The number of nitrogens with one attached hydrogen (secondary N) is 2. The van der Waals surface area contributed by atoms with Crippen LogP contribution in [-0.2, 0) is 12.6 Å². The standard InChI is InChI=1S/C27H31F3N4O/c1-2-3-7-19-10-12-20(13-11-19)32-25-24(27(28,29)30)18-31-26(34-25)33-21-14-16-23(17-15-21)35-22-8-5-4-6-9-22/h10-18,22H,2-9H2,1H3,(H2,31,32,33,34). The predicted octanol–water partition coefficient (Wildman–Crippen LogP) is 8.04. The van der Waals surface area contributed by atoms with E-state index >= 15 is 0 Å². The van der Waals surface area contributed by atoms with E-state index in [9.17, 15) is 13.2 Å². The summed E-state index contributed by atoms with van der Waals surface area (Å²) in [6, 6.07) is 14.7. The van der Waals surface area contributed by atoms with Crippen LogP contribution < -0.4 is 15.4 Å². The summed E-state index contributed by atoms with van der Waals surface area (Å²) in [6.07, 6.45) is 5.33. The van der Waals surface area contributed by atoms with E-state index in [0.29, 0.717) is 11.4 Å². The molecule has 4 rings (SSSR count). The fourth-order valence-corrected chi connectivity index (χ4v) is 4.14. The zero-order chi connectivity index (χ0) is 24.7. The molecule has 2 N–H and O–H groups in total. The van der Waals surface area contributed by atoms with Crippen LogP contribution in [0.25, 0.3) is 0 Å². The lowest BCUT2D eigenvalue weighted by molar-refractivity contribution is -0.137. The van der Waals surface area contributed by atoms with Gasteiger partial charge in [-0.1, -0.05) is 31.9 Å². The molecule has 0 saturated heterocycles. The van der Waals surface area contributed by atoms with Crippen molar-refractivity contribution in [2.45, 2.75) is 70.6 Å². The summed E-state index contributed by atoms with van der Waals surface area (Å²) in [7, 11) is 0. The lowest BCUT2D eigenvalue weighted by Crippen LogP contribution is -2.19. The number of alkyl halides is 3. The van der Waals surface area contributed by atoms with Crippen LogP contribution in [0.2, 0.25) is 0 Å². The van der Waals surface area contributed by atoms with Gasteiger partial charge >= 0.3 is 6.18 Å². The number of aryl methyl sites for hydroxylation is 1. The predicted molar refractivity (Wildman–Crippen MR) is 133 cm³/mol. The molecule has 0 aliphatic heterocycles. The minimum Gasteiger partial charge on any atom is -0.490 e. The normalized spacial score (nSPS) is 14.5. The Labute approximate surface area is 204 Å². The van der Waals surface area contributed by atoms with Crippen molar-refractivity contribution in [3.63, 3.8) is 0 Å². The van der Waals surface area contributed by atoms with E-state index < -0.39 is 11.7 Å². The van der Waals surface area contributed by atoms with E-state index in [1.165, 1.54) is 19.3 Å². The Hall–Kier alpha value is -3.29. The molecule has 0 bridgehead atoms. The first-order valence-electron chi connectivity index (χ1n) is 12.2. The number of benzene rings is 2. The van der Waals surface area contributed by atoms with Crippen molar-refractivity contribution in [3.8, 4) is 5.75 Å². The fraction of sp³-hybridized carbons (Fsp3) is 0.407. The topological polar surface area (TPSA) is 59.1 Å². The molecule has 0 atom stereocenters. The summed E-state index contributed by atoms with van der Waals surface area (Å²) in [6.45, 7) is 2.12. The number of nitrogens with zero attached hydrogens (tertiary/aromatic N) is 2. The lowest BCUT2D eigenvalue weighted by atomic mass is 9.98. The van der Waals surface area contributed by atoms with Gasteiger partial charge in [0.05, 0.1) is 6.10 Å². The third-order valence-electron chi connectivity index (χ3n) is 6.10. The van der Waals surface area contributed by atoms with Crippen LogP contribution >= 0.6 is 0 Å². The van der Waals surface area contributed by atoms with Crippen molar-refractivity contribution in [2.24, 2.45) is 0 Å². The number of ether oxygens (including phenoxy) is 1. The lowest BCUT2D eigenvalue weighted by Gasteiger charge is -2.23. The number of anilines is 4. The number of hydrogen-bond donors (Lipinski definition) is 2. The van der Waals surface area contributed by atoms with Gasteiger partial charge in [-0.05, 0) is 80.5 Å². The van der Waals surface area contributed by atoms with Gasteiger partial charge in [-0.25, -0.2) is 4.98 Å². The summed E-state index contributed by atoms with van der Waals surface area (Å²) in [5.74, 6) is 0.551. The highest BCUT2D eigenvalue weighted by molar-refractivity contribution is 5.63. The van der Waals surface area contributed by atoms with Gasteiger partial charge in [0.15, 0.2) is 0 Å². The first-order chi connectivity index (χ1) is 16.9. The molecule has 1 aromatic heterocycles. The SMILES string of the molecule is CCCCc1ccc(Nc2nc(Nc3ccc(OC4CCCCC4)cc3)ncc2C(F)(F)F)cc1. The van der Waals surface area contributed by atoms with Crippen LogP contribution in [0.5, 0.6) is 5.75 Å². The molecule has 0 spiro atoms. The van der Waals surface area contributed by atoms with E-state index in [-0.39, 0.29) is 17.9 Å². The van der Waals surface area contributed by atoms with E-state index in [0.717, 1.165) is 49.6 Å². The van der Waals surface area contributed by atoms with Crippen molar-refractivity contribution >= 4 is 23.1 Å². The van der Waals surface area contributed by atoms with E-state index in [1.807, 2.05) is 24.3 Å². The van der Waals surface area contributed by atoms with Crippen molar-refractivity contribution < 1.29 is 17.9 Å². The summed E-state index contributed by atoms with van der Waals surface area (Å²) >= 11 is 0. The Morgan fingerprint density at radius 3 is 2.23 bits per heavy atom. The average molecular weight is 485 g/mol. The van der Waals surface area contributed by atoms with Gasteiger partial charge < -0.3 is 15.4 Å². The summed E-state index contributed by atoms with van der Waals surface area (Å²) in [5.41, 5.74) is 1.42. The quantitative estimate of drug-likeness (QED) is 0.322.